The Hall–Kier alpha value is -2.34. The molecule has 0 spiro atoms. The third-order valence-electron chi connectivity index (χ3n) is 5.16. The number of pyridine rings is 1. The van der Waals surface area contributed by atoms with Gasteiger partial charge in [0.15, 0.2) is 0 Å². The fourth-order valence-corrected chi connectivity index (χ4v) is 3.91. The van der Waals surface area contributed by atoms with Crippen LogP contribution in [0.5, 0.6) is 0 Å². The predicted octanol–water partition coefficient (Wildman–Crippen LogP) is 5.07. The number of carbonyl (C=O) groups is 2. The molecule has 0 atom stereocenters. The van der Waals surface area contributed by atoms with E-state index < -0.39 is 5.97 Å². The molecular weight excluding hydrogens is 378 g/mol. The quantitative estimate of drug-likeness (QED) is 0.535. The van der Waals surface area contributed by atoms with E-state index in [0.29, 0.717) is 41.8 Å². The van der Waals surface area contributed by atoms with E-state index in [4.69, 9.17) is 16.7 Å². The Bertz CT molecular complexity index is 850. The van der Waals surface area contributed by atoms with Crippen LogP contribution in [0.4, 0.5) is 11.5 Å². The minimum Gasteiger partial charge on any atom is -0.481 e. The lowest BCUT2D eigenvalue weighted by Crippen LogP contribution is -2.18. The molecule has 1 heterocycles. The van der Waals surface area contributed by atoms with E-state index >= 15 is 0 Å². The van der Waals surface area contributed by atoms with Gasteiger partial charge in [-0.2, -0.15) is 0 Å². The SMILES string of the molecule is O=C(O)CCCNc1ccc2c(NC(=O)CC3CCCCC3)c(Cl)ccc2n1. The minimum atomic E-state index is -0.809. The van der Waals surface area contributed by atoms with Crippen LogP contribution in [-0.4, -0.2) is 28.5 Å². The predicted molar refractivity (Wildman–Crippen MR) is 112 cm³/mol. The van der Waals surface area contributed by atoms with Crippen molar-refractivity contribution in [1.29, 1.82) is 0 Å². The Morgan fingerprint density at radius 2 is 1.93 bits per heavy atom. The van der Waals surface area contributed by atoms with E-state index in [2.05, 4.69) is 15.6 Å². The number of anilines is 2. The topological polar surface area (TPSA) is 91.3 Å². The summed E-state index contributed by atoms with van der Waals surface area (Å²) < 4.78 is 0. The molecule has 28 heavy (non-hydrogen) atoms. The zero-order chi connectivity index (χ0) is 19.9. The second-order valence-corrected chi connectivity index (χ2v) is 7.77. The molecule has 1 fully saturated rings. The van der Waals surface area contributed by atoms with Gasteiger partial charge in [-0.15, -0.1) is 0 Å². The number of hydrogen-bond donors (Lipinski definition) is 3. The molecule has 0 bridgehead atoms. The van der Waals surface area contributed by atoms with Crippen LogP contribution in [0.2, 0.25) is 5.02 Å². The summed E-state index contributed by atoms with van der Waals surface area (Å²) in [6, 6.07) is 7.25. The number of amides is 1. The van der Waals surface area contributed by atoms with Gasteiger partial charge in [-0.25, -0.2) is 4.98 Å². The van der Waals surface area contributed by atoms with Gasteiger partial charge in [0.25, 0.3) is 0 Å². The van der Waals surface area contributed by atoms with Crippen molar-refractivity contribution in [2.75, 3.05) is 17.2 Å². The molecule has 1 amide bonds. The Morgan fingerprint density at radius 3 is 2.68 bits per heavy atom. The number of carboxylic acid groups (broad SMARTS) is 1. The van der Waals surface area contributed by atoms with Gasteiger partial charge in [0.1, 0.15) is 5.82 Å². The van der Waals surface area contributed by atoms with Crippen LogP contribution >= 0.6 is 11.6 Å². The van der Waals surface area contributed by atoms with E-state index in [1.165, 1.54) is 19.3 Å². The standard InChI is InChI=1S/C21H26ClN3O3/c22-16-9-10-17-15(8-11-18(24-17)23-12-4-7-20(27)28)21(16)25-19(26)13-14-5-2-1-3-6-14/h8-11,14H,1-7,12-13H2,(H,23,24)(H,25,26)(H,27,28). The summed E-state index contributed by atoms with van der Waals surface area (Å²) in [6.45, 7) is 0.531. The molecule has 1 aromatic heterocycles. The summed E-state index contributed by atoms with van der Waals surface area (Å²) in [5.74, 6) is 0.315. The van der Waals surface area contributed by atoms with E-state index in [0.717, 1.165) is 23.7 Å². The highest BCUT2D eigenvalue weighted by molar-refractivity contribution is 6.35. The van der Waals surface area contributed by atoms with Crippen molar-refractivity contribution < 1.29 is 14.7 Å². The summed E-state index contributed by atoms with van der Waals surface area (Å²) in [6.07, 6.45) is 7.10. The second-order valence-electron chi connectivity index (χ2n) is 7.37. The highest BCUT2D eigenvalue weighted by Crippen LogP contribution is 2.32. The number of nitrogens with one attached hydrogen (secondary N) is 2. The zero-order valence-corrected chi connectivity index (χ0v) is 16.6. The van der Waals surface area contributed by atoms with Gasteiger partial charge in [-0.05, 0) is 49.4 Å². The molecule has 0 saturated heterocycles. The van der Waals surface area contributed by atoms with E-state index in [9.17, 15) is 9.59 Å². The minimum absolute atomic E-state index is 0.00262. The van der Waals surface area contributed by atoms with E-state index in [1.807, 2.05) is 18.2 Å². The van der Waals surface area contributed by atoms with Crippen LogP contribution in [0.3, 0.4) is 0 Å². The molecule has 6 nitrogen and oxygen atoms in total. The number of rotatable bonds is 8. The summed E-state index contributed by atoms with van der Waals surface area (Å²) in [5.41, 5.74) is 1.32. The van der Waals surface area contributed by atoms with Crippen molar-refractivity contribution in [1.82, 2.24) is 4.98 Å². The van der Waals surface area contributed by atoms with Crippen LogP contribution < -0.4 is 10.6 Å². The summed E-state index contributed by atoms with van der Waals surface area (Å²) in [7, 11) is 0. The van der Waals surface area contributed by atoms with Gasteiger partial charge in [0.05, 0.1) is 16.2 Å². The number of aliphatic carboxylic acids is 1. The monoisotopic (exact) mass is 403 g/mol. The fourth-order valence-electron chi connectivity index (χ4n) is 3.70. The molecule has 0 unspecified atom stereocenters. The molecule has 7 heteroatoms. The lowest BCUT2D eigenvalue weighted by atomic mass is 9.87. The normalized spacial score (nSPS) is 14.8. The number of hydrogen-bond acceptors (Lipinski definition) is 4. The molecule has 0 aliphatic heterocycles. The van der Waals surface area contributed by atoms with Gasteiger partial charge in [-0.1, -0.05) is 30.9 Å². The van der Waals surface area contributed by atoms with Crippen molar-refractivity contribution >= 4 is 45.9 Å². The molecule has 1 aliphatic carbocycles. The third-order valence-corrected chi connectivity index (χ3v) is 5.47. The average Bonchev–Trinajstić information content (AvgIpc) is 2.68. The third kappa shape index (κ3) is 5.58. The van der Waals surface area contributed by atoms with Crippen molar-refractivity contribution in [3.63, 3.8) is 0 Å². The van der Waals surface area contributed by atoms with Crippen molar-refractivity contribution in [2.24, 2.45) is 5.92 Å². The van der Waals surface area contributed by atoms with Crippen molar-refractivity contribution in [3.8, 4) is 0 Å². The Balaban J connectivity index is 1.68. The first kappa shape index (κ1) is 20.4. The molecule has 1 aromatic carbocycles. The Kier molecular flexibility index (Phi) is 7.09. The van der Waals surface area contributed by atoms with Crippen LogP contribution in [0.1, 0.15) is 51.4 Å². The first-order valence-electron chi connectivity index (χ1n) is 9.87. The molecule has 0 radical (unpaired) electrons. The highest BCUT2D eigenvalue weighted by Gasteiger charge is 2.18. The van der Waals surface area contributed by atoms with Gasteiger partial charge >= 0.3 is 5.97 Å². The number of benzene rings is 1. The maximum absolute atomic E-state index is 12.5. The molecule has 1 aliphatic rings. The summed E-state index contributed by atoms with van der Waals surface area (Å²) in [4.78, 5) is 27.6. The van der Waals surface area contributed by atoms with Gasteiger partial charge < -0.3 is 15.7 Å². The molecule has 1 saturated carbocycles. The number of carboxylic acids is 1. The van der Waals surface area contributed by atoms with Crippen molar-refractivity contribution in [2.45, 2.75) is 51.4 Å². The largest absolute Gasteiger partial charge is 0.481 e. The number of aromatic nitrogens is 1. The maximum Gasteiger partial charge on any atom is 0.303 e. The van der Waals surface area contributed by atoms with Crippen LogP contribution in [0, 0.1) is 5.92 Å². The second kappa shape index (κ2) is 9.73. The first-order chi connectivity index (χ1) is 13.5. The summed E-state index contributed by atoms with van der Waals surface area (Å²) in [5, 5.41) is 16.1. The number of carbonyl (C=O) groups excluding carboxylic acids is 1. The summed E-state index contributed by atoms with van der Waals surface area (Å²) >= 11 is 6.35. The van der Waals surface area contributed by atoms with E-state index in [1.54, 1.807) is 6.07 Å². The van der Waals surface area contributed by atoms with Crippen LogP contribution in [-0.2, 0) is 9.59 Å². The van der Waals surface area contributed by atoms with Crippen LogP contribution in [0.15, 0.2) is 24.3 Å². The number of halogens is 1. The molecule has 2 aromatic rings. The lowest BCUT2D eigenvalue weighted by molar-refractivity contribution is -0.137. The van der Waals surface area contributed by atoms with Crippen LogP contribution in [0.25, 0.3) is 10.9 Å². The van der Waals surface area contributed by atoms with Gasteiger partial charge in [-0.3, -0.25) is 9.59 Å². The fraction of sp³-hybridized carbons (Fsp3) is 0.476. The number of fused-ring (bicyclic) bond motifs is 1. The van der Waals surface area contributed by atoms with E-state index in [-0.39, 0.29) is 12.3 Å². The lowest BCUT2D eigenvalue weighted by Gasteiger charge is -2.21. The Labute approximate surface area is 169 Å². The van der Waals surface area contributed by atoms with Crippen molar-refractivity contribution in [3.05, 3.63) is 29.3 Å². The first-order valence-corrected chi connectivity index (χ1v) is 10.3. The highest BCUT2D eigenvalue weighted by atomic mass is 35.5. The van der Waals surface area contributed by atoms with Gasteiger partial charge in [0, 0.05) is 24.8 Å². The molecular formula is C21H26ClN3O3. The smallest absolute Gasteiger partial charge is 0.303 e. The molecule has 3 N–H and O–H groups in total. The maximum atomic E-state index is 12.5. The average molecular weight is 404 g/mol. The zero-order valence-electron chi connectivity index (χ0n) is 15.8. The molecule has 150 valence electrons. The Morgan fingerprint density at radius 1 is 1.14 bits per heavy atom. The van der Waals surface area contributed by atoms with Gasteiger partial charge in [0.2, 0.25) is 5.91 Å². The molecule has 3 rings (SSSR count). The number of nitrogens with zero attached hydrogens (tertiary/aromatic N) is 1.